The number of hydrogen-bond donors (Lipinski definition) is 1. The standard InChI is InChI=1S/C14H18N4/c1-3-12(9-15-6-1)5-8-18-11-16-10-14(18)13-4-2-7-17-13/h1,3,6,9-11,13,17H,2,4-5,7-8H2/t13-/m0/s1. The summed E-state index contributed by atoms with van der Waals surface area (Å²) in [5, 5.41) is 3.52. The molecule has 0 radical (unpaired) electrons. The first-order valence-electron chi connectivity index (χ1n) is 6.56. The van der Waals surface area contributed by atoms with E-state index in [0.717, 1.165) is 19.5 Å². The Morgan fingerprint density at radius 2 is 2.33 bits per heavy atom. The molecule has 0 unspecified atom stereocenters. The molecule has 4 heteroatoms. The fourth-order valence-corrected chi connectivity index (χ4v) is 2.54. The fraction of sp³-hybridized carbons (Fsp3) is 0.429. The van der Waals surface area contributed by atoms with E-state index in [-0.39, 0.29) is 0 Å². The van der Waals surface area contributed by atoms with Gasteiger partial charge < -0.3 is 9.88 Å². The Labute approximate surface area is 107 Å². The van der Waals surface area contributed by atoms with Crippen molar-refractivity contribution in [1.82, 2.24) is 19.9 Å². The zero-order valence-corrected chi connectivity index (χ0v) is 10.4. The van der Waals surface area contributed by atoms with Gasteiger partial charge >= 0.3 is 0 Å². The topological polar surface area (TPSA) is 42.7 Å². The summed E-state index contributed by atoms with van der Waals surface area (Å²) in [5.41, 5.74) is 2.59. The van der Waals surface area contributed by atoms with E-state index >= 15 is 0 Å². The van der Waals surface area contributed by atoms with E-state index in [2.05, 4.69) is 25.9 Å². The van der Waals surface area contributed by atoms with Crippen LogP contribution in [-0.2, 0) is 13.0 Å². The van der Waals surface area contributed by atoms with E-state index < -0.39 is 0 Å². The van der Waals surface area contributed by atoms with Crippen LogP contribution in [0.3, 0.4) is 0 Å². The van der Waals surface area contributed by atoms with Crippen LogP contribution in [-0.4, -0.2) is 21.1 Å². The highest BCUT2D eigenvalue weighted by Crippen LogP contribution is 2.22. The van der Waals surface area contributed by atoms with Crippen molar-refractivity contribution in [3.05, 3.63) is 48.3 Å². The van der Waals surface area contributed by atoms with Gasteiger partial charge in [0.15, 0.2) is 0 Å². The average molecular weight is 242 g/mol. The molecule has 94 valence electrons. The Morgan fingerprint density at radius 1 is 1.33 bits per heavy atom. The molecule has 1 aliphatic heterocycles. The lowest BCUT2D eigenvalue weighted by Crippen LogP contribution is -2.17. The van der Waals surface area contributed by atoms with Crippen molar-refractivity contribution >= 4 is 0 Å². The summed E-state index contributed by atoms with van der Waals surface area (Å²) in [7, 11) is 0. The van der Waals surface area contributed by atoms with E-state index in [9.17, 15) is 0 Å². The number of pyridine rings is 1. The third-order valence-corrected chi connectivity index (χ3v) is 3.53. The Balaban J connectivity index is 1.68. The predicted molar refractivity (Wildman–Crippen MR) is 70.1 cm³/mol. The highest BCUT2D eigenvalue weighted by Gasteiger charge is 2.19. The molecular formula is C14H18N4. The highest BCUT2D eigenvalue weighted by molar-refractivity contribution is 5.11. The SMILES string of the molecule is c1cncc(CCn2cncc2[C@@H]2CCCN2)c1. The van der Waals surface area contributed by atoms with Crippen molar-refractivity contribution in [3.63, 3.8) is 0 Å². The molecule has 0 amide bonds. The van der Waals surface area contributed by atoms with Gasteiger partial charge in [0.2, 0.25) is 0 Å². The minimum atomic E-state index is 0.487. The van der Waals surface area contributed by atoms with Gasteiger partial charge in [-0.05, 0) is 37.4 Å². The number of aryl methyl sites for hydroxylation is 2. The molecule has 0 aromatic carbocycles. The van der Waals surface area contributed by atoms with E-state index in [0.29, 0.717) is 6.04 Å². The summed E-state index contributed by atoms with van der Waals surface area (Å²) in [6.07, 6.45) is 11.2. The van der Waals surface area contributed by atoms with Crippen LogP contribution in [0.25, 0.3) is 0 Å². The third-order valence-electron chi connectivity index (χ3n) is 3.53. The molecule has 0 saturated carbocycles. The van der Waals surface area contributed by atoms with Gasteiger partial charge in [-0.1, -0.05) is 6.07 Å². The molecule has 1 atom stereocenters. The maximum absolute atomic E-state index is 4.29. The van der Waals surface area contributed by atoms with Crippen molar-refractivity contribution in [3.8, 4) is 0 Å². The van der Waals surface area contributed by atoms with Gasteiger partial charge in [0.1, 0.15) is 0 Å². The lowest BCUT2D eigenvalue weighted by molar-refractivity contribution is 0.563. The summed E-state index contributed by atoms with van der Waals surface area (Å²) in [6, 6.07) is 4.60. The molecule has 2 aromatic rings. The normalized spacial score (nSPS) is 19.2. The summed E-state index contributed by atoms with van der Waals surface area (Å²) >= 11 is 0. The maximum atomic E-state index is 4.29. The lowest BCUT2D eigenvalue weighted by Gasteiger charge is -2.13. The van der Waals surface area contributed by atoms with Gasteiger partial charge in [0.25, 0.3) is 0 Å². The number of rotatable bonds is 4. The number of aromatic nitrogens is 3. The second kappa shape index (κ2) is 5.31. The molecule has 1 saturated heterocycles. The molecule has 1 fully saturated rings. The van der Waals surface area contributed by atoms with Gasteiger partial charge in [-0.2, -0.15) is 0 Å². The smallest absolute Gasteiger partial charge is 0.0948 e. The van der Waals surface area contributed by atoms with E-state index in [1.807, 2.05) is 31.0 Å². The molecule has 2 aromatic heterocycles. The van der Waals surface area contributed by atoms with Crippen molar-refractivity contribution in [1.29, 1.82) is 0 Å². The van der Waals surface area contributed by atoms with Crippen LogP contribution in [0.1, 0.15) is 30.1 Å². The molecule has 3 rings (SSSR count). The van der Waals surface area contributed by atoms with Crippen molar-refractivity contribution in [2.75, 3.05) is 6.54 Å². The summed E-state index contributed by atoms with van der Waals surface area (Å²) in [6.45, 7) is 2.09. The van der Waals surface area contributed by atoms with Crippen LogP contribution in [0.5, 0.6) is 0 Å². The Kier molecular flexibility index (Phi) is 3.37. The minimum absolute atomic E-state index is 0.487. The lowest BCUT2D eigenvalue weighted by atomic mass is 10.1. The number of nitrogens with one attached hydrogen (secondary N) is 1. The maximum Gasteiger partial charge on any atom is 0.0948 e. The Hall–Kier alpha value is -1.68. The van der Waals surface area contributed by atoms with Gasteiger partial charge in [-0.15, -0.1) is 0 Å². The van der Waals surface area contributed by atoms with Crippen molar-refractivity contribution in [2.45, 2.75) is 31.8 Å². The second-order valence-corrected chi connectivity index (χ2v) is 4.77. The zero-order valence-electron chi connectivity index (χ0n) is 10.4. The number of imidazole rings is 1. The van der Waals surface area contributed by atoms with E-state index in [1.54, 1.807) is 0 Å². The molecule has 1 aliphatic rings. The number of hydrogen-bond acceptors (Lipinski definition) is 3. The quantitative estimate of drug-likeness (QED) is 0.891. The van der Waals surface area contributed by atoms with Crippen LogP contribution >= 0.6 is 0 Å². The minimum Gasteiger partial charge on any atom is -0.333 e. The molecule has 0 aliphatic carbocycles. The fourth-order valence-electron chi connectivity index (χ4n) is 2.54. The van der Waals surface area contributed by atoms with Gasteiger partial charge in [-0.3, -0.25) is 4.98 Å². The summed E-state index contributed by atoms with van der Waals surface area (Å²) in [4.78, 5) is 8.43. The van der Waals surface area contributed by atoms with Crippen molar-refractivity contribution < 1.29 is 0 Å². The largest absolute Gasteiger partial charge is 0.333 e. The van der Waals surface area contributed by atoms with Crippen LogP contribution in [0.4, 0.5) is 0 Å². The first-order valence-corrected chi connectivity index (χ1v) is 6.56. The first kappa shape index (κ1) is 11.4. The van der Waals surface area contributed by atoms with Gasteiger partial charge in [0, 0.05) is 31.2 Å². The van der Waals surface area contributed by atoms with E-state index in [4.69, 9.17) is 0 Å². The monoisotopic (exact) mass is 242 g/mol. The van der Waals surface area contributed by atoms with Crippen LogP contribution < -0.4 is 5.32 Å². The Bertz CT molecular complexity index is 486. The molecular weight excluding hydrogens is 224 g/mol. The third kappa shape index (κ3) is 2.43. The van der Waals surface area contributed by atoms with Crippen molar-refractivity contribution in [2.24, 2.45) is 0 Å². The van der Waals surface area contributed by atoms with Gasteiger partial charge in [0.05, 0.1) is 12.0 Å². The molecule has 3 heterocycles. The molecule has 0 bridgehead atoms. The first-order chi connectivity index (χ1) is 8.93. The second-order valence-electron chi connectivity index (χ2n) is 4.77. The highest BCUT2D eigenvalue weighted by atomic mass is 15.1. The Morgan fingerprint density at radius 3 is 3.11 bits per heavy atom. The average Bonchev–Trinajstić information content (AvgIpc) is 3.08. The van der Waals surface area contributed by atoms with Crippen LogP contribution in [0, 0.1) is 0 Å². The summed E-state index contributed by atoms with van der Waals surface area (Å²) in [5.74, 6) is 0. The number of nitrogens with zero attached hydrogens (tertiary/aromatic N) is 3. The van der Waals surface area contributed by atoms with Crippen LogP contribution in [0.2, 0.25) is 0 Å². The zero-order chi connectivity index (χ0) is 12.2. The molecule has 0 spiro atoms. The van der Waals surface area contributed by atoms with Gasteiger partial charge in [-0.25, -0.2) is 4.98 Å². The molecule has 18 heavy (non-hydrogen) atoms. The molecule has 4 nitrogen and oxygen atoms in total. The predicted octanol–water partition coefficient (Wildman–Crippen LogP) is 1.95. The summed E-state index contributed by atoms with van der Waals surface area (Å²) < 4.78 is 2.26. The van der Waals surface area contributed by atoms with Crippen LogP contribution in [0.15, 0.2) is 37.1 Å². The van der Waals surface area contributed by atoms with E-state index in [1.165, 1.54) is 24.1 Å². The molecule has 1 N–H and O–H groups in total.